The van der Waals surface area contributed by atoms with Gasteiger partial charge in [-0.25, -0.2) is 0 Å². The number of hydrogen-bond donors (Lipinski definition) is 0. The molecule has 1 unspecified atom stereocenters. The number of rotatable bonds is 13. The van der Waals surface area contributed by atoms with Crippen molar-refractivity contribution in [2.24, 2.45) is 0 Å². The molecule has 6 aromatic rings. The molecule has 3 heteroatoms. The van der Waals surface area contributed by atoms with Gasteiger partial charge < -0.3 is 19.1 Å². The van der Waals surface area contributed by atoms with E-state index in [0.29, 0.717) is 0 Å². The van der Waals surface area contributed by atoms with E-state index >= 15 is 0 Å². The van der Waals surface area contributed by atoms with Crippen molar-refractivity contribution in [2.45, 2.75) is 136 Å². The van der Waals surface area contributed by atoms with Crippen LogP contribution in [-0.4, -0.2) is 15.9 Å². The third kappa shape index (κ3) is 10.8. The van der Waals surface area contributed by atoms with Crippen molar-refractivity contribution in [1.82, 2.24) is 0 Å². The van der Waals surface area contributed by atoms with Crippen molar-refractivity contribution in [1.29, 1.82) is 0 Å². The Morgan fingerprint density at radius 2 is 1.26 bits per heavy atom. The molecule has 0 spiro atoms. The zero-order chi connectivity index (χ0) is 43.2. The fourth-order valence-corrected chi connectivity index (χ4v) is 11.4. The first-order valence-electron chi connectivity index (χ1n) is 22.7. The predicted molar refractivity (Wildman–Crippen MR) is 273 cm³/mol. The SMILES string of the molecule is CCCCc1cc2c(-c3ccc(OC)c(C(C)(C)C)c3C(C)(C)C)cccc2[c-]1[Si](C)C.[CH2-]C1(CCCCCC)C(c2ccccc2-c2ccccc2)=Cc2ccccc21.[CH3-].[Zr+3]. The van der Waals surface area contributed by atoms with Crippen LogP contribution >= 0.6 is 0 Å². The molecule has 324 valence electrons. The summed E-state index contributed by atoms with van der Waals surface area (Å²) in [6.45, 7) is 28.2. The van der Waals surface area contributed by atoms with Gasteiger partial charge in [-0.3, -0.25) is 0 Å². The average Bonchev–Trinajstić information content (AvgIpc) is 3.76. The maximum Gasteiger partial charge on any atom is 3.00 e. The second-order valence-electron chi connectivity index (χ2n) is 19.4. The number of fused-ring (bicyclic) bond motifs is 2. The number of ether oxygens (including phenoxy) is 1. The van der Waals surface area contributed by atoms with Crippen molar-refractivity contribution >= 4 is 36.4 Å². The molecule has 0 fully saturated rings. The minimum absolute atomic E-state index is 0. The average molecular weight is 919 g/mol. The van der Waals surface area contributed by atoms with Gasteiger partial charge in [-0.05, 0) is 56.7 Å². The molecule has 0 N–H and O–H groups in total. The summed E-state index contributed by atoms with van der Waals surface area (Å²) in [5.41, 5.74) is 14.8. The summed E-state index contributed by atoms with van der Waals surface area (Å²) in [6.07, 6.45) is 12.2. The molecule has 1 atom stereocenters. The van der Waals surface area contributed by atoms with E-state index in [4.69, 9.17) is 11.7 Å². The van der Waals surface area contributed by atoms with Gasteiger partial charge >= 0.3 is 26.2 Å². The van der Waals surface area contributed by atoms with Gasteiger partial charge in [0.25, 0.3) is 0 Å². The molecule has 2 radical (unpaired) electrons. The molecule has 0 amide bonds. The number of methoxy groups -OCH3 is 1. The number of unbranched alkanes of at least 4 members (excludes halogenated alkanes) is 4. The molecule has 7 rings (SSSR count). The Labute approximate surface area is 398 Å². The Kier molecular flexibility index (Phi) is 17.9. The number of hydrogen-bond acceptors (Lipinski definition) is 1. The summed E-state index contributed by atoms with van der Waals surface area (Å²) in [5, 5.41) is 4.54. The Morgan fingerprint density at radius 3 is 1.89 bits per heavy atom. The van der Waals surface area contributed by atoms with Crippen molar-refractivity contribution in [3.05, 3.63) is 163 Å². The molecule has 1 aliphatic rings. The summed E-state index contributed by atoms with van der Waals surface area (Å²) < 4.78 is 5.89. The second-order valence-corrected chi connectivity index (χ2v) is 21.9. The van der Waals surface area contributed by atoms with Gasteiger partial charge in [0.2, 0.25) is 0 Å². The van der Waals surface area contributed by atoms with Gasteiger partial charge in [0.15, 0.2) is 0 Å². The first-order chi connectivity index (χ1) is 28.6. The van der Waals surface area contributed by atoms with E-state index in [1.54, 1.807) is 17.9 Å². The van der Waals surface area contributed by atoms with Crippen LogP contribution in [0.2, 0.25) is 13.1 Å². The molecular weight excluding hydrogens is 844 g/mol. The largest absolute Gasteiger partial charge is 3.00 e. The van der Waals surface area contributed by atoms with E-state index in [9.17, 15) is 0 Å². The molecule has 0 saturated carbocycles. The van der Waals surface area contributed by atoms with Crippen LogP contribution in [0.1, 0.15) is 134 Å². The maximum absolute atomic E-state index is 5.89. The fourth-order valence-electron chi connectivity index (χ4n) is 9.79. The fraction of sp³-hybridized carbons (Fsp3) is 0.373. The molecule has 1 nitrogen and oxygen atoms in total. The molecule has 0 aliphatic heterocycles. The van der Waals surface area contributed by atoms with Crippen LogP contribution in [0.3, 0.4) is 0 Å². The topological polar surface area (TPSA) is 9.23 Å². The van der Waals surface area contributed by atoms with Crippen LogP contribution < -0.4 is 9.92 Å². The molecule has 0 heterocycles. The van der Waals surface area contributed by atoms with Gasteiger partial charge in [-0.2, -0.15) is 6.07 Å². The number of benzene rings is 5. The zero-order valence-electron chi connectivity index (χ0n) is 40.3. The number of allylic oxidation sites excluding steroid dienone is 1. The zero-order valence-corrected chi connectivity index (χ0v) is 43.8. The van der Waals surface area contributed by atoms with Gasteiger partial charge in [-0.15, -0.1) is 39.1 Å². The Bertz CT molecular complexity index is 2400. The summed E-state index contributed by atoms with van der Waals surface area (Å²) >= 11 is 0. The molecule has 0 aromatic heterocycles. The van der Waals surface area contributed by atoms with Crippen LogP contribution in [0.5, 0.6) is 5.75 Å². The molecule has 0 saturated heterocycles. The van der Waals surface area contributed by atoms with Crippen LogP contribution in [0.25, 0.3) is 44.7 Å². The van der Waals surface area contributed by atoms with E-state index in [-0.39, 0.29) is 49.9 Å². The first kappa shape index (κ1) is 51.0. The predicted octanol–water partition coefficient (Wildman–Crippen LogP) is 16.5. The van der Waals surface area contributed by atoms with Gasteiger partial charge in [0.05, 0.1) is 7.11 Å². The third-order valence-electron chi connectivity index (χ3n) is 12.5. The molecule has 6 aromatic carbocycles. The van der Waals surface area contributed by atoms with Crippen LogP contribution in [0.4, 0.5) is 0 Å². The van der Waals surface area contributed by atoms with E-state index < -0.39 is 8.80 Å². The molecular formula is C59H74OSiZr. The minimum Gasteiger partial charge on any atom is -0.496 e. The Balaban J connectivity index is 0.000000266. The monoisotopic (exact) mass is 916 g/mol. The maximum atomic E-state index is 5.89. The van der Waals surface area contributed by atoms with E-state index in [0.717, 1.165) is 12.2 Å². The normalized spacial score (nSPS) is 14.7. The quantitative estimate of drug-likeness (QED) is 0.0637. The molecule has 62 heavy (non-hydrogen) atoms. The van der Waals surface area contributed by atoms with E-state index in [2.05, 4.69) is 190 Å². The van der Waals surface area contributed by atoms with Gasteiger partial charge in [-0.1, -0.05) is 227 Å². The van der Waals surface area contributed by atoms with E-state index in [1.807, 2.05) is 0 Å². The van der Waals surface area contributed by atoms with Crippen LogP contribution in [0.15, 0.2) is 115 Å². The summed E-state index contributed by atoms with van der Waals surface area (Å²) in [4.78, 5) is 0. The van der Waals surface area contributed by atoms with Crippen molar-refractivity contribution in [3.63, 3.8) is 0 Å². The van der Waals surface area contributed by atoms with Crippen LogP contribution in [-0.2, 0) is 48.9 Å². The van der Waals surface area contributed by atoms with Crippen molar-refractivity contribution in [2.75, 3.05) is 7.11 Å². The smallest absolute Gasteiger partial charge is 0.496 e. The summed E-state index contributed by atoms with van der Waals surface area (Å²) in [5.74, 6) is 0.998. The van der Waals surface area contributed by atoms with E-state index in [1.165, 1.54) is 111 Å². The first-order valence-corrected chi connectivity index (χ1v) is 25.2. The summed E-state index contributed by atoms with van der Waals surface area (Å²) in [6, 6.07) is 42.3. The number of aryl methyl sites for hydroxylation is 1. The minimum atomic E-state index is -0.551. The van der Waals surface area contributed by atoms with Crippen molar-refractivity contribution < 1.29 is 30.9 Å². The van der Waals surface area contributed by atoms with Crippen molar-refractivity contribution in [3.8, 4) is 28.0 Å². The Hall–Kier alpha value is -3.65. The standard InChI is InChI=1S/C30H42OSi.C28H29.CH3.Zr/c1-11-12-14-20-19-24-21(15-13-16-23(24)28(20)32(9)10)22-17-18-25(31-8)27(30(5,6)7)26(22)29(2,3)4;1-3-4-5-13-20-28(2)26-19-12-9-16-23(26)21-27(28)25-18-11-10-17-24(25)22-14-7-6-8-15-22;;/h13,15-19H,11-12,14H2,1-10H3;6-12,14-19,21H,2-5,13,20H2,1H3;1H3;/q3*-1;+3. The van der Waals surface area contributed by atoms with Gasteiger partial charge in [0.1, 0.15) is 5.75 Å². The molecule has 1 aliphatic carbocycles. The molecule has 0 bridgehead atoms. The second kappa shape index (κ2) is 21.8. The summed E-state index contributed by atoms with van der Waals surface area (Å²) in [7, 11) is 1.25. The Morgan fingerprint density at radius 1 is 0.645 bits per heavy atom. The van der Waals surface area contributed by atoms with Crippen LogP contribution in [0, 0.1) is 14.4 Å². The third-order valence-corrected chi connectivity index (χ3v) is 14.1. The van der Waals surface area contributed by atoms with Gasteiger partial charge in [0, 0.05) is 14.4 Å².